The predicted octanol–water partition coefficient (Wildman–Crippen LogP) is 4.09. The fraction of sp³-hybridized carbons (Fsp3) is 0.714. The fourth-order valence-electron chi connectivity index (χ4n) is 6.38. The van der Waals surface area contributed by atoms with Crippen LogP contribution in [0, 0.1) is 5.92 Å². The van der Waals surface area contributed by atoms with Gasteiger partial charge in [-0.25, -0.2) is 0 Å². The normalized spacial score (nSPS) is 35.3. The lowest BCUT2D eigenvalue weighted by molar-refractivity contribution is 0.0796. The maximum Gasteiger partial charge on any atom is 0.138 e. The van der Waals surface area contributed by atoms with Crippen LogP contribution < -0.4 is 10.6 Å². The minimum Gasteiger partial charge on any atom is -0.506 e. The number of hydrogen-bond donors (Lipinski definition) is 3. The molecule has 0 amide bonds. The van der Waals surface area contributed by atoms with Gasteiger partial charge in [0.2, 0.25) is 0 Å². The lowest BCUT2D eigenvalue weighted by atomic mass is 9.53. The number of benzene rings is 1. The molecule has 130 valence electrons. The molecule has 0 unspecified atom stereocenters. The Labute approximate surface area is 145 Å². The smallest absolute Gasteiger partial charge is 0.138 e. The highest BCUT2D eigenvalue weighted by Gasteiger charge is 2.51. The monoisotopic (exact) mass is 326 g/mol. The molecule has 5 rings (SSSR count). The SMILES string of the molecule is Oc1cc2c(cc1NC1CCCC1)C[C@@H]1NCC[C@]23CCCC[C@H]13. The number of nitrogens with one attached hydrogen (secondary N) is 2. The number of phenols is 1. The van der Waals surface area contributed by atoms with Crippen LogP contribution in [0.2, 0.25) is 0 Å². The Morgan fingerprint density at radius 1 is 1.04 bits per heavy atom. The summed E-state index contributed by atoms with van der Waals surface area (Å²) in [4.78, 5) is 0. The van der Waals surface area contributed by atoms with Gasteiger partial charge < -0.3 is 15.7 Å². The van der Waals surface area contributed by atoms with Crippen molar-refractivity contribution in [2.75, 3.05) is 11.9 Å². The number of rotatable bonds is 2. The van der Waals surface area contributed by atoms with Crippen LogP contribution >= 0.6 is 0 Å². The van der Waals surface area contributed by atoms with Crippen LogP contribution in [0.1, 0.15) is 68.9 Å². The lowest BCUT2D eigenvalue weighted by Crippen LogP contribution is -2.59. The van der Waals surface area contributed by atoms with E-state index in [1.807, 2.05) is 0 Å². The second-order valence-electron chi connectivity index (χ2n) is 8.68. The molecular weight excluding hydrogens is 296 g/mol. The van der Waals surface area contributed by atoms with E-state index in [2.05, 4.69) is 22.8 Å². The molecule has 3 fully saturated rings. The van der Waals surface area contributed by atoms with Crippen LogP contribution in [0.25, 0.3) is 0 Å². The molecule has 3 aliphatic carbocycles. The largest absolute Gasteiger partial charge is 0.506 e. The number of fused-ring (bicyclic) bond motifs is 1. The topological polar surface area (TPSA) is 44.3 Å². The summed E-state index contributed by atoms with van der Waals surface area (Å²) in [6.07, 6.45) is 12.9. The first kappa shape index (κ1) is 15.1. The third kappa shape index (κ3) is 2.20. The van der Waals surface area contributed by atoms with E-state index < -0.39 is 0 Å². The maximum absolute atomic E-state index is 10.7. The van der Waals surface area contributed by atoms with Gasteiger partial charge in [-0.1, -0.05) is 25.7 Å². The Morgan fingerprint density at radius 2 is 1.88 bits per heavy atom. The van der Waals surface area contributed by atoms with Crippen molar-refractivity contribution in [1.82, 2.24) is 5.32 Å². The molecule has 4 aliphatic rings. The molecule has 1 aromatic rings. The second kappa shape index (κ2) is 5.66. The second-order valence-corrected chi connectivity index (χ2v) is 8.68. The standard InChI is InChI=1S/C21H30N2O/c24-20-13-17-14(12-19(20)23-15-5-1-2-6-15)11-18-16-7-3-4-8-21(16,17)9-10-22-18/h12-13,15-16,18,22-24H,1-11H2/t16-,18+,21+/m1/s1. The van der Waals surface area contributed by atoms with Crippen molar-refractivity contribution in [1.29, 1.82) is 0 Å². The summed E-state index contributed by atoms with van der Waals surface area (Å²) in [5.41, 5.74) is 4.29. The molecule has 0 aromatic heterocycles. The Kier molecular flexibility index (Phi) is 3.55. The van der Waals surface area contributed by atoms with Crippen molar-refractivity contribution in [2.45, 2.75) is 81.7 Å². The molecule has 1 heterocycles. The zero-order chi connectivity index (χ0) is 16.1. The summed E-state index contributed by atoms with van der Waals surface area (Å²) in [6, 6.07) is 5.63. The summed E-state index contributed by atoms with van der Waals surface area (Å²) < 4.78 is 0. The first-order valence-corrected chi connectivity index (χ1v) is 10.1. The Morgan fingerprint density at radius 3 is 2.75 bits per heavy atom. The Balaban J connectivity index is 1.54. The first-order valence-electron chi connectivity index (χ1n) is 10.1. The van der Waals surface area contributed by atoms with E-state index in [1.165, 1.54) is 68.9 Å². The van der Waals surface area contributed by atoms with Gasteiger partial charge in [-0.3, -0.25) is 0 Å². The average Bonchev–Trinajstić information content (AvgIpc) is 3.10. The van der Waals surface area contributed by atoms with Crippen molar-refractivity contribution in [3.05, 3.63) is 23.3 Å². The molecular formula is C21H30N2O. The Hall–Kier alpha value is -1.22. The third-order valence-electron chi connectivity index (χ3n) is 7.47. The highest BCUT2D eigenvalue weighted by molar-refractivity contribution is 5.62. The van der Waals surface area contributed by atoms with Crippen LogP contribution in [-0.2, 0) is 11.8 Å². The quantitative estimate of drug-likeness (QED) is 0.717. The zero-order valence-corrected chi connectivity index (χ0v) is 14.6. The molecule has 2 saturated carbocycles. The fourth-order valence-corrected chi connectivity index (χ4v) is 6.38. The molecule has 3 N–H and O–H groups in total. The molecule has 0 radical (unpaired) electrons. The van der Waals surface area contributed by atoms with Crippen LogP contribution in [-0.4, -0.2) is 23.7 Å². The van der Waals surface area contributed by atoms with Crippen LogP contribution in [0.3, 0.4) is 0 Å². The molecule has 1 saturated heterocycles. The van der Waals surface area contributed by atoms with Gasteiger partial charge in [0, 0.05) is 17.5 Å². The van der Waals surface area contributed by atoms with Gasteiger partial charge in [0.1, 0.15) is 5.75 Å². The van der Waals surface area contributed by atoms with E-state index in [1.54, 1.807) is 0 Å². The molecule has 3 heteroatoms. The molecule has 3 nitrogen and oxygen atoms in total. The van der Waals surface area contributed by atoms with Crippen molar-refractivity contribution >= 4 is 5.69 Å². The van der Waals surface area contributed by atoms with Crippen LogP contribution in [0.4, 0.5) is 5.69 Å². The first-order chi connectivity index (χ1) is 11.8. The van der Waals surface area contributed by atoms with Crippen molar-refractivity contribution < 1.29 is 5.11 Å². The minimum absolute atomic E-state index is 0.338. The number of phenolic OH excluding ortho intramolecular Hbond substituents is 1. The third-order valence-corrected chi connectivity index (χ3v) is 7.47. The van der Waals surface area contributed by atoms with Crippen LogP contribution in [0.5, 0.6) is 5.75 Å². The van der Waals surface area contributed by atoms with Crippen molar-refractivity contribution in [3.8, 4) is 5.75 Å². The van der Waals surface area contributed by atoms with Gasteiger partial charge in [-0.2, -0.15) is 0 Å². The molecule has 1 aliphatic heterocycles. The van der Waals surface area contributed by atoms with Gasteiger partial charge >= 0.3 is 0 Å². The van der Waals surface area contributed by atoms with Gasteiger partial charge in [-0.15, -0.1) is 0 Å². The molecule has 0 spiro atoms. The summed E-state index contributed by atoms with van der Waals surface area (Å²) in [7, 11) is 0. The van der Waals surface area contributed by atoms with E-state index in [4.69, 9.17) is 0 Å². The highest BCUT2D eigenvalue weighted by atomic mass is 16.3. The van der Waals surface area contributed by atoms with E-state index in [-0.39, 0.29) is 0 Å². The van der Waals surface area contributed by atoms with E-state index >= 15 is 0 Å². The van der Waals surface area contributed by atoms with E-state index in [9.17, 15) is 5.11 Å². The molecule has 2 bridgehead atoms. The Bertz CT molecular complexity index is 633. The summed E-state index contributed by atoms with van der Waals surface area (Å²) >= 11 is 0. The van der Waals surface area contributed by atoms with Crippen LogP contribution in [0.15, 0.2) is 12.1 Å². The van der Waals surface area contributed by atoms with Crippen molar-refractivity contribution in [2.24, 2.45) is 5.92 Å². The molecule has 24 heavy (non-hydrogen) atoms. The average molecular weight is 326 g/mol. The van der Waals surface area contributed by atoms with Gasteiger partial charge in [0.15, 0.2) is 0 Å². The predicted molar refractivity (Wildman–Crippen MR) is 97.7 cm³/mol. The minimum atomic E-state index is 0.338. The summed E-state index contributed by atoms with van der Waals surface area (Å²) in [6.45, 7) is 1.14. The van der Waals surface area contributed by atoms with Gasteiger partial charge in [-0.05, 0) is 74.2 Å². The van der Waals surface area contributed by atoms with Crippen molar-refractivity contribution in [3.63, 3.8) is 0 Å². The zero-order valence-electron chi connectivity index (χ0n) is 14.6. The summed E-state index contributed by atoms with van der Waals surface area (Å²) in [5.74, 6) is 1.26. The number of piperidine rings is 1. The number of aromatic hydroxyl groups is 1. The molecule has 1 aromatic carbocycles. The highest BCUT2D eigenvalue weighted by Crippen LogP contribution is 2.55. The van der Waals surface area contributed by atoms with E-state index in [0.29, 0.717) is 23.2 Å². The molecule has 3 atom stereocenters. The van der Waals surface area contributed by atoms with E-state index in [0.717, 1.165) is 24.6 Å². The summed E-state index contributed by atoms with van der Waals surface area (Å²) in [5, 5.41) is 18.2. The number of anilines is 1. The van der Waals surface area contributed by atoms with Gasteiger partial charge in [0.25, 0.3) is 0 Å². The maximum atomic E-state index is 10.7. The number of hydrogen-bond acceptors (Lipinski definition) is 3. The lowest BCUT2D eigenvalue weighted by Gasteiger charge is -2.56. The van der Waals surface area contributed by atoms with Gasteiger partial charge in [0.05, 0.1) is 5.69 Å².